The number of carbonyl (C=O) groups excluding carboxylic acids is 1. The molecule has 1 fully saturated rings. The lowest BCUT2D eigenvalue weighted by atomic mass is 9.80. The molecule has 1 amide bonds. The number of nitrogens with one attached hydrogen (secondary N) is 1. The number of amides is 1. The summed E-state index contributed by atoms with van der Waals surface area (Å²) < 4.78 is 13.2. The minimum Gasteiger partial charge on any atom is -0.459 e. The molecule has 6 heteroatoms. The number of aliphatic hydroxyl groups is 1. The number of rotatable bonds is 9. The van der Waals surface area contributed by atoms with Crippen molar-refractivity contribution in [2.75, 3.05) is 19.8 Å². The molecule has 2 heterocycles. The highest BCUT2D eigenvalue weighted by molar-refractivity contribution is 7.17. The minimum absolute atomic E-state index is 0.00433. The van der Waals surface area contributed by atoms with Crippen LogP contribution in [-0.4, -0.2) is 37.1 Å². The van der Waals surface area contributed by atoms with Gasteiger partial charge in [0.1, 0.15) is 0 Å². The molecule has 5 nitrogen and oxygen atoms in total. The number of benzene rings is 1. The van der Waals surface area contributed by atoms with E-state index in [1.165, 1.54) is 28.5 Å². The van der Waals surface area contributed by atoms with Crippen molar-refractivity contribution >= 4 is 27.3 Å². The van der Waals surface area contributed by atoms with E-state index in [1.807, 2.05) is 25.1 Å². The van der Waals surface area contributed by atoms with Crippen LogP contribution in [-0.2, 0) is 14.3 Å². The van der Waals surface area contributed by atoms with E-state index in [9.17, 15) is 9.90 Å². The van der Waals surface area contributed by atoms with Crippen LogP contribution in [0.3, 0.4) is 0 Å². The Morgan fingerprint density at radius 3 is 2.93 bits per heavy atom. The van der Waals surface area contributed by atoms with Gasteiger partial charge in [0, 0.05) is 36.3 Å². The van der Waals surface area contributed by atoms with Crippen LogP contribution >= 0.6 is 11.3 Å². The Kier molecular flexibility index (Phi) is 6.53. The molecule has 0 saturated heterocycles. The molecule has 2 aliphatic rings. The second-order valence-electron chi connectivity index (χ2n) is 7.87. The monoisotopic (exact) mass is 415 g/mol. The first-order chi connectivity index (χ1) is 14.2. The van der Waals surface area contributed by atoms with Crippen molar-refractivity contribution in [2.24, 2.45) is 11.8 Å². The quantitative estimate of drug-likeness (QED) is 0.645. The molecular formula is C23H29NO4S. The van der Waals surface area contributed by atoms with Crippen LogP contribution in [0, 0.1) is 11.8 Å². The number of hydrogen-bond acceptors (Lipinski definition) is 5. The molecule has 0 unspecified atom stereocenters. The highest BCUT2D eigenvalue weighted by atomic mass is 32.1. The van der Waals surface area contributed by atoms with Gasteiger partial charge in [0.05, 0.1) is 0 Å². The first-order valence-corrected chi connectivity index (χ1v) is 11.4. The van der Waals surface area contributed by atoms with Crippen LogP contribution < -0.4 is 5.32 Å². The molecule has 1 aromatic carbocycles. The maximum absolute atomic E-state index is 12.8. The standard InChI is InChI=1S/C23H29NO4S/c1-2-27-23-17(7-5-11-25)18(19-14-29-21-8-4-3-6-16(19)21)12-20(28-23)22(26)24-13-15-9-10-15/h3-4,6,8,12,14-15,17-18,23,25H,2,5,7,9-11,13H2,1H3,(H,24,26)/t17-,18+,23-/m1/s1. The lowest BCUT2D eigenvalue weighted by molar-refractivity contribution is -0.166. The van der Waals surface area contributed by atoms with Crippen molar-refractivity contribution in [3.8, 4) is 0 Å². The van der Waals surface area contributed by atoms with E-state index in [0.717, 1.165) is 6.42 Å². The second kappa shape index (κ2) is 9.28. The summed E-state index contributed by atoms with van der Waals surface area (Å²) >= 11 is 1.72. The van der Waals surface area contributed by atoms with E-state index >= 15 is 0 Å². The molecule has 1 aliphatic heterocycles. The van der Waals surface area contributed by atoms with Crippen LogP contribution in [0.4, 0.5) is 0 Å². The largest absolute Gasteiger partial charge is 0.459 e. The van der Waals surface area contributed by atoms with E-state index in [2.05, 4.69) is 22.8 Å². The van der Waals surface area contributed by atoms with Gasteiger partial charge in [-0.25, -0.2) is 0 Å². The normalized spacial score (nSPS) is 24.2. The van der Waals surface area contributed by atoms with Crippen molar-refractivity contribution in [3.05, 3.63) is 47.0 Å². The highest BCUT2D eigenvalue weighted by Gasteiger charge is 2.38. The third kappa shape index (κ3) is 4.65. The molecule has 2 aromatic rings. The predicted molar refractivity (Wildman–Crippen MR) is 115 cm³/mol. The number of carbonyl (C=O) groups is 1. The zero-order valence-electron chi connectivity index (χ0n) is 16.8. The summed E-state index contributed by atoms with van der Waals surface area (Å²) in [4.78, 5) is 12.8. The Morgan fingerprint density at radius 2 is 2.17 bits per heavy atom. The van der Waals surface area contributed by atoms with Crippen molar-refractivity contribution in [1.29, 1.82) is 0 Å². The van der Waals surface area contributed by atoms with Crippen LogP contribution in [0.15, 0.2) is 41.5 Å². The number of allylic oxidation sites excluding steroid dienone is 1. The van der Waals surface area contributed by atoms with Gasteiger partial charge >= 0.3 is 0 Å². The van der Waals surface area contributed by atoms with Gasteiger partial charge in [0.2, 0.25) is 6.29 Å². The average Bonchev–Trinajstić information content (AvgIpc) is 3.48. The summed E-state index contributed by atoms with van der Waals surface area (Å²) in [6.45, 7) is 3.28. The van der Waals surface area contributed by atoms with Gasteiger partial charge in [0.15, 0.2) is 5.76 Å². The third-order valence-corrected chi connectivity index (χ3v) is 6.74. The molecule has 4 rings (SSSR count). The van der Waals surface area contributed by atoms with Crippen molar-refractivity contribution in [2.45, 2.75) is 44.8 Å². The molecule has 0 bridgehead atoms. The van der Waals surface area contributed by atoms with Crippen LogP contribution in [0.25, 0.3) is 10.1 Å². The number of thiophene rings is 1. The molecule has 1 aromatic heterocycles. The van der Waals surface area contributed by atoms with Crippen LogP contribution in [0.2, 0.25) is 0 Å². The van der Waals surface area contributed by atoms with E-state index in [0.29, 0.717) is 31.2 Å². The summed E-state index contributed by atoms with van der Waals surface area (Å²) in [6, 6.07) is 8.35. The van der Waals surface area contributed by atoms with E-state index in [-0.39, 0.29) is 24.3 Å². The lowest BCUT2D eigenvalue weighted by Gasteiger charge is -2.36. The van der Waals surface area contributed by atoms with Gasteiger partial charge in [-0.1, -0.05) is 18.2 Å². The topological polar surface area (TPSA) is 67.8 Å². The van der Waals surface area contributed by atoms with Gasteiger partial charge in [-0.15, -0.1) is 11.3 Å². The summed E-state index contributed by atoms with van der Waals surface area (Å²) in [5, 5.41) is 15.8. The van der Waals surface area contributed by atoms with Crippen LogP contribution in [0.1, 0.15) is 44.1 Å². The summed E-state index contributed by atoms with van der Waals surface area (Å²) in [5.74, 6) is 0.848. The number of hydrogen-bond donors (Lipinski definition) is 2. The predicted octanol–water partition coefficient (Wildman–Crippen LogP) is 4.18. The molecule has 1 aliphatic carbocycles. The lowest BCUT2D eigenvalue weighted by Crippen LogP contribution is -2.39. The third-order valence-electron chi connectivity index (χ3n) is 5.75. The van der Waals surface area contributed by atoms with E-state index in [1.54, 1.807) is 11.3 Å². The fraction of sp³-hybridized carbons (Fsp3) is 0.522. The number of aliphatic hydroxyl groups excluding tert-OH is 1. The summed E-state index contributed by atoms with van der Waals surface area (Å²) in [6.07, 6.45) is 5.29. The maximum atomic E-state index is 12.8. The zero-order valence-corrected chi connectivity index (χ0v) is 17.6. The molecule has 2 N–H and O–H groups in total. The van der Waals surface area contributed by atoms with E-state index < -0.39 is 6.29 Å². The molecule has 3 atom stereocenters. The molecule has 0 spiro atoms. The Balaban J connectivity index is 1.68. The van der Waals surface area contributed by atoms with Gasteiger partial charge in [-0.05, 0) is 67.0 Å². The summed E-state index contributed by atoms with van der Waals surface area (Å²) in [7, 11) is 0. The first-order valence-electron chi connectivity index (χ1n) is 10.6. The Hall–Kier alpha value is -1.89. The average molecular weight is 416 g/mol. The Morgan fingerprint density at radius 1 is 1.34 bits per heavy atom. The molecule has 1 saturated carbocycles. The smallest absolute Gasteiger partial charge is 0.286 e. The highest BCUT2D eigenvalue weighted by Crippen LogP contribution is 2.43. The van der Waals surface area contributed by atoms with Crippen molar-refractivity contribution < 1.29 is 19.4 Å². The van der Waals surface area contributed by atoms with E-state index in [4.69, 9.17) is 9.47 Å². The number of ether oxygens (including phenoxy) is 2. The molecular weight excluding hydrogens is 386 g/mol. The Bertz CT molecular complexity index is 873. The minimum atomic E-state index is -0.498. The Labute approximate surface area is 175 Å². The fourth-order valence-corrected chi connectivity index (χ4v) is 5.03. The maximum Gasteiger partial charge on any atom is 0.286 e. The fourth-order valence-electron chi connectivity index (χ4n) is 4.02. The molecule has 29 heavy (non-hydrogen) atoms. The molecule has 156 valence electrons. The first kappa shape index (κ1) is 20.4. The van der Waals surface area contributed by atoms with Gasteiger partial charge in [-0.3, -0.25) is 4.79 Å². The van der Waals surface area contributed by atoms with Crippen LogP contribution in [0.5, 0.6) is 0 Å². The molecule has 0 radical (unpaired) electrons. The van der Waals surface area contributed by atoms with Gasteiger partial charge in [-0.2, -0.15) is 0 Å². The SMILES string of the molecule is CCO[C@@H]1OC(C(=O)NCC2CC2)=C[C@H](c2csc3ccccc23)[C@H]1CCCO. The van der Waals surface area contributed by atoms with Gasteiger partial charge < -0.3 is 19.9 Å². The zero-order chi connectivity index (χ0) is 20.2. The second-order valence-corrected chi connectivity index (χ2v) is 8.78. The number of fused-ring (bicyclic) bond motifs is 1. The van der Waals surface area contributed by atoms with Gasteiger partial charge in [0.25, 0.3) is 5.91 Å². The van der Waals surface area contributed by atoms with Crippen molar-refractivity contribution in [3.63, 3.8) is 0 Å². The van der Waals surface area contributed by atoms with Crippen molar-refractivity contribution in [1.82, 2.24) is 5.32 Å². The summed E-state index contributed by atoms with van der Waals surface area (Å²) in [5.41, 5.74) is 1.20.